The van der Waals surface area contributed by atoms with Gasteiger partial charge in [0, 0.05) is 0 Å². The van der Waals surface area contributed by atoms with E-state index in [2.05, 4.69) is 26.0 Å². The summed E-state index contributed by atoms with van der Waals surface area (Å²) in [4.78, 5) is 0. The number of rotatable bonds is 4. The maximum Gasteiger partial charge on any atom is 0.123 e. The molecule has 0 amide bonds. The van der Waals surface area contributed by atoms with Crippen molar-refractivity contribution in [2.24, 2.45) is 0 Å². The summed E-state index contributed by atoms with van der Waals surface area (Å²) in [5, 5.41) is 10.4. The lowest BCUT2D eigenvalue weighted by Crippen LogP contribution is -2.03. The van der Waals surface area contributed by atoms with Crippen LogP contribution in [0.15, 0.2) is 42.5 Å². The predicted octanol–water partition coefficient (Wildman–Crippen LogP) is 4.73. The van der Waals surface area contributed by atoms with Crippen LogP contribution in [0.4, 0.5) is 4.39 Å². The molecule has 1 N–H and O–H groups in total. The summed E-state index contributed by atoms with van der Waals surface area (Å²) in [6, 6.07) is 12.5. The molecule has 0 bridgehead atoms. The molecular weight excluding hydrogens is 251 g/mol. The third-order valence-electron chi connectivity index (χ3n) is 3.96. The lowest BCUT2D eigenvalue weighted by Gasteiger charge is -2.16. The molecule has 0 aromatic heterocycles. The zero-order chi connectivity index (χ0) is 14.7. The van der Waals surface area contributed by atoms with Crippen molar-refractivity contribution in [3.63, 3.8) is 0 Å². The highest BCUT2D eigenvalue weighted by molar-refractivity contribution is 5.37. The first-order valence-corrected chi connectivity index (χ1v) is 7.07. The second kappa shape index (κ2) is 6.19. The molecule has 0 spiro atoms. The molecule has 2 unspecified atom stereocenters. The highest BCUT2D eigenvalue weighted by Gasteiger charge is 2.14. The first-order valence-electron chi connectivity index (χ1n) is 7.07. The Morgan fingerprint density at radius 2 is 1.65 bits per heavy atom. The monoisotopic (exact) mass is 272 g/mol. The van der Waals surface area contributed by atoms with Gasteiger partial charge in [0.1, 0.15) is 11.9 Å². The van der Waals surface area contributed by atoms with Crippen LogP contribution in [0.5, 0.6) is 0 Å². The Kier molecular flexibility index (Phi) is 4.56. The highest BCUT2D eigenvalue weighted by atomic mass is 19.1. The number of benzene rings is 2. The van der Waals surface area contributed by atoms with Gasteiger partial charge in [-0.25, -0.2) is 4.39 Å². The molecule has 1 nitrogen and oxygen atoms in total. The lowest BCUT2D eigenvalue weighted by molar-refractivity contribution is 0.219. The van der Waals surface area contributed by atoms with E-state index in [4.69, 9.17) is 0 Å². The zero-order valence-electron chi connectivity index (χ0n) is 12.2. The molecule has 0 heterocycles. The van der Waals surface area contributed by atoms with Crippen LogP contribution in [0, 0.1) is 12.7 Å². The van der Waals surface area contributed by atoms with Crippen molar-refractivity contribution >= 4 is 0 Å². The fourth-order valence-corrected chi connectivity index (χ4v) is 2.37. The molecule has 2 heteroatoms. The molecule has 0 aliphatic heterocycles. The zero-order valence-corrected chi connectivity index (χ0v) is 12.2. The normalized spacial score (nSPS) is 14.1. The summed E-state index contributed by atoms with van der Waals surface area (Å²) in [5.41, 5.74) is 3.64. The van der Waals surface area contributed by atoms with Crippen LogP contribution >= 0.6 is 0 Å². The summed E-state index contributed by atoms with van der Waals surface area (Å²) in [5.74, 6) is 0.249. The van der Waals surface area contributed by atoms with Gasteiger partial charge in [-0.1, -0.05) is 44.2 Å². The van der Waals surface area contributed by atoms with Gasteiger partial charge in [-0.3, -0.25) is 0 Å². The second-order valence-corrected chi connectivity index (χ2v) is 5.38. The molecule has 20 heavy (non-hydrogen) atoms. The number of halogens is 1. The number of aryl methyl sites for hydroxylation is 1. The van der Waals surface area contributed by atoms with Gasteiger partial charge in [0.15, 0.2) is 0 Å². The van der Waals surface area contributed by atoms with Gasteiger partial charge in [-0.05, 0) is 53.6 Å². The van der Waals surface area contributed by atoms with E-state index < -0.39 is 6.10 Å². The summed E-state index contributed by atoms with van der Waals surface area (Å²) in [6.07, 6.45) is 0.389. The first kappa shape index (κ1) is 14.7. The van der Waals surface area contributed by atoms with Crippen molar-refractivity contribution in [1.82, 2.24) is 0 Å². The first-order chi connectivity index (χ1) is 9.52. The van der Waals surface area contributed by atoms with Gasteiger partial charge < -0.3 is 5.11 Å². The van der Waals surface area contributed by atoms with Crippen molar-refractivity contribution in [2.45, 2.75) is 39.2 Å². The van der Waals surface area contributed by atoms with E-state index in [9.17, 15) is 9.50 Å². The highest BCUT2D eigenvalue weighted by Crippen LogP contribution is 2.27. The number of aliphatic hydroxyl groups excluding tert-OH is 1. The molecule has 2 aromatic carbocycles. The Morgan fingerprint density at radius 3 is 2.20 bits per heavy atom. The van der Waals surface area contributed by atoms with E-state index in [-0.39, 0.29) is 5.82 Å². The van der Waals surface area contributed by atoms with Crippen molar-refractivity contribution in [3.05, 3.63) is 70.5 Å². The van der Waals surface area contributed by atoms with Crippen LogP contribution < -0.4 is 0 Å². The largest absolute Gasteiger partial charge is 0.384 e. The van der Waals surface area contributed by atoms with Crippen molar-refractivity contribution in [3.8, 4) is 0 Å². The molecule has 0 fully saturated rings. The Balaban J connectivity index is 2.26. The van der Waals surface area contributed by atoms with E-state index in [0.29, 0.717) is 5.92 Å². The topological polar surface area (TPSA) is 20.2 Å². The van der Waals surface area contributed by atoms with E-state index in [1.807, 2.05) is 19.1 Å². The van der Waals surface area contributed by atoms with Crippen LogP contribution in [0.3, 0.4) is 0 Å². The maximum absolute atomic E-state index is 13.1. The average Bonchev–Trinajstić information content (AvgIpc) is 2.46. The van der Waals surface area contributed by atoms with Crippen molar-refractivity contribution < 1.29 is 9.50 Å². The average molecular weight is 272 g/mol. The predicted molar refractivity (Wildman–Crippen MR) is 80.3 cm³/mol. The summed E-state index contributed by atoms with van der Waals surface area (Å²) >= 11 is 0. The van der Waals surface area contributed by atoms with Gasteiger partial charge in [0.25, 0.3) is 0 Å². The molecule has 106 valence electrons. The van der Waals surface area contributed by atoms with Crippen LogP contribution in [0.25, 0.3) is 0 Å². The number of aliphatic hydroxyl groups is 1. The molecule has 0 radical (unpaired) electrons. The minimum Gasteiger partial charge on any atom is -0.384 e. The van der Waals surface area contributed by atoms with Crippen LogP contribution in [0.1, 0.15) is 54.5 Å². The van der Waals surface area contributed by atoms with Gasteiger partial charge in [-0.2, -0.15) is 0 Å². The number of hydrogen-bond donors (Lipinski definition) is 1. The van der Waals surface area contributed by atoms with Gasteiger partial charge in [0.2, 0.25) is 0 Å². The Labute approximate surface area is 120 Å². The molecule has 0 saturated heterocycles. The molecule has 0 saturated carbocycles. The molecule has 2 aromatic rings. The summed E-state index contributed by atoms with van der Waals surface area (Å²) in [7, 11) is 0. The third kappa shape index (κ3) is 3.07. The standard InChI is InChI=1S/C18H21FO/c1-4-12(2)14-5-7-15(8-6-14)18(20)17-10-9-16(19)11-13(17)3/h5-12,18,20H,4H2,1-3H3. The summed E-state index contributed by atoms with van der Waals surface area (Å²) < 4.78 is 13.1. The van der Waals surface area contributed by atoms with E-state index in [1.54, 1.807) is 6.07 Å². The Hall–Kier alpha value is -1.67. The molecular formula is C18H21FO. The lowest BCUT2D eigenvalue weighted by atomic mass is 9.93. The Morgan fingerprint density at radius 1 is 1.05 bits per heavy atom. The Bertz CT molecular complexity index is 574. The van der Waals surface area contributed by atoms with Gasteiger partial charge in [0.05, 0.1) is 0 Å². The van der Waals surface area contributed by atoms with Crippen LogP contribution in [-0.2, 0) is 0 Å². The van der Waals surface area contributed by atoms with E-state index in [0.717, 1.165) is 23.1 Å². The molecule has 2 atom stereocenters. The van der Waals surface area contributed by atoms with E-state index >= 15 is 0 Å². The van der Waals surface area contributed by atoms with Gasteiger partial charge in [-0.15, -0.1) is 0 Å². The number of hydrogen-bond acceptors (Lipinski definition) is 1. The quantitative estimate of drug-likeness (QED) is 0.853. The third-order valence-corrected chi connectivity index (χ3v) is 3.96. The molecule has 0 aliphatic rings. The van der Waals surface area contributed by atoms with E-state index in [1.165, 1.54) is 17.7 Å². The summed E-state index contributed by atoms with van der Waals surface area (Å²) in [6.45, 7) is 6.17. The van der Waals surface area contributed by atoms with Crippen molar-refractivity contribution in [2.75, 3.05) is 0 Å². The SMILES string of the molecule is CCC(C)c1ccc(C(O)c2ccc(F)cc2C)cc1. The molecule has 2 rings (SSSR count). The molecule has 0 aliphatic carbocycles. The van der Waals surface area contributed by atoms with Crippen molar-refractivity contribution in [1.29, 1.82) is 0 Å². The smallest absolute Gasteiger partial charge is 0.123 e. The fourth-order valence-electron chi connectivity index (χ4n) is 2.37. The second-order valence-electron chi connectivity index (χ2n) is 5.38. The van der Waals surface area contributed by atoms with Gasteiger partial charge >= 0.3 is 0 Å². The van der Waals surface area contributed by atoms with Crippen LogP contribution in [0.2, 0.25) is 0 Å². The van der Waals surface area contributed by atoms with Crippen LogP contribution in [-0.4, -0.2) is 5.11 Å². The minimum absolute atomic E-state index is 0.273. The minimum atomic E-state index is -0.707. The fraction of sp³-hybridized carbons (Fsp3) is 0.333. The maximum atomic E-state index is 13.1.